The van der Waals surface area contributed by atoms with Gasteiger partial charge in [-0.1, -0.05) is 58.0 Å². The van der Waals surface area contributed by atoms with Crippen molar-refractivity contribution in [3.05, 3.63) is 59.7 Å². The van der Waals surface area contributed by atoms with Crippen molar-refractivity contribution in [3.8, 4) is 11.5 Å². The molecule has 0 saturated carbocycles. The molecule has 0 N–H and O–H groups in total. The van der Waals surface area contributed by atoms with E-state index in [1.807, 2.05) is 49.4 Å². The smallest absolute Gasteiger partial charge is 0.166 e. The highest BCUT2D eigenvalue weighted by Gasteiger charge is 2.20. The van der Waals surface area contributed by atoms with Crippen LogP contribution in [0.4, 0.5) is 0 Å². The van der Waals surface area contributed by atoms with Gasteiger partial charge in [0.25, 0.3) is 0 Å². The molecule has 2 aromatic carbocycles. The topological polar surface area (TPSA) is 26.3 Å². The van der Waals surface area contributed by atoms with Crippen molar-refractivity contribution in [2.75, 3.05) is 0 Å². The van der Waals surface area contributed by atoms with Crippen LogP contribution in [0.2, 0.25) is 0 Å². The van der Waals surface area contributed by atoms with Crippen molar-refractivity contribution < 1.29 is 9.53 Å². The lowest BCUT2D eigenvalue weighted by molar-refractivity contribution is 0.0986. The molecule has 21 heavy (non-hydrogen) atoms. The first-order valence-corrected chi connectivity index (χ1v) is 7.33. The quantitative estimate of drug-likeness (QED) is 0.705. The van der Waals surface area contributed by atoms with Crippen LogP contribution < -0.4 is 4.74 Å². The molecule has 0 radical (unpaired) electrons. The molecular weight excluding hydrogens is 260 g/mol. The van der Waals surface area contributed by atoms with Gasteiger partial charge in [-0.2, -0.15) is 0 Å². The van der Waals surface area contributed by atoms with Crippen LogP contribution in [-0.2, 0) is 5.41 Å². The summed E-state index contributed by atoms with van der Waals surface area (Å²) in [6.45, 7) is 8.32. The average Bonchev–Trinajstić information content (AvgIpc) is 2.46. The van der Waals surface area contributed by atoms with Gasteiger partial charge in [-0.25, -0.2) is 0 Å². The van der Waals surface area contributed by atoms with Crippen LogP contribution in [0.25, 0.3) is 0 Å². The third kappa shape index (κ3) is 3.52. The predicted molar refractivity (Wildman–Crippen MR) is 86.3 cm³/mol. The van der Waals surface area contributed by atoms with Crippen LogP contribution >= 0.6 is 0 Å². The Balaban J connectivity index is 2.43. The Morgan fingerprint density at radius 2 is 1.52 bits per heavy atom. The van der Waals surface area contributed by atoms with Gasteiger partial charge in [-0.3, -0.25) is 4.79 Å². The number of carbonyl (C=O) groups is 1. The molecule has 0 aliphatic heterocycles. The Kier molecular flexibility index (Phi) is 4.46. The highest BCUT2D eigenvalue weighted by atomic mass is 16.5. The largest absolute Gasteiger partial charge is 0.456 e. The predicted octanol–water partition coefficient (Wildman–Crippen LogP) is 5.37. The third-order valence-corrected chi connectivity index (χ3v) is 3.42. The van der Waals surface area contributed by atoms with E-state index < -0.39 is 0 Å². The maximum absolute atomic E-state index is 12.0. The van der Waals surface area contributed by atoms with Gasteiger partial charge < -0.3 is 4.74 Å². The van der Waals surface area contributed by atoms with Gasteiger partial charge in [0.15, 0.2) is 5.78 Å². The van der Waals surface area contributed by atoms with Crippen molar-refractivity contribution in [2.45, 2.75) is 39.5 Å². The summed E-state index contributed by atoms with van der Waals surface area (Å²) >= 11 is 0. The highest BCUT2D eigenvalue weighted by molar-refractivity contribution is 5.98. The monoisotopic (exact) mass is 282 g/mol. The molecular formula is C19H22O2. The molecule has 0 heterocycles. The standard InChI is InChI=1S/C19H22O2/c1-5-16(20)14-10-6-8-12-17(14)21-18-13-9-7-11-15(18)19(2,3)4/h6-13H,5H2,1-4H3. The molecule has 0 aliphatic carbocycles. The number of hydrogen-bond acceptors (Lipinski definition) is 2. The van der Waals surface area contributed by atoms with E-state index in [0.29, 0.717) is 17.7 Å². The zero-order valence-corrected chi connectivity index (χ0v) is 13.1. The Labute approximate surface area is 126 Å². The summed E-state index contributed by atoms with van der Waals surface area (Å²) in [7, 11) is 0. The third-order valence-electron chi connectivity index (χ3n) is 3.42. The molecule has 2 heteroatoms. The lowest BCUT2D eigenvalue weighted by Crippen LogP contribution is -2.12. The summed E-state index contributed by atoms with van der Waals surface area (Å²) in [5.41, 5.74) is 1.76. The Morgan fingerprint density at radius 1 is 0.952 bits per heavy atom. The summed E-state index contributed by atoms with van der Waals surface area (Å²) in [4.78, 5) is 12.0. The van der Waals surface area contributed by atoms with Crippen molar-refractivity contribution in [1.29, 1.82) is 0 Å². The molecule has 0 aliphatic rings. The van der Waals surface area contributed by atoms with Crippen molar-refractivity contribution in [1.82, 2.24) is 0 Å². The highest BCUT2D eigenvalue weighted by Crippen LogP contribution is 2.35. The van der Waals surface area contributed by atoms with Crippen LogP contribution in [0.15, 0.2) is 48.5 Å². The summed E-state index contributed by atoms with van der Waals surface area (Å²) in [5, 5.41) is 0. The Hall–Kier alpha value is -2.09. The molecule has 0 atom stereocenters. The number of Topliss-reactive ketones (excluding diaryl/α,β-unsaturated/α-hetero) is 1. The molecule has 0 fully saturated rings. The minimum Gasteiger partial charge on any atom is -0.456 e. The summed E-state index contributed by atoms with van der Waals surface area (Å²) in [6.07, 6.45) is 0.474. The molecule has 2 nitrogen and oxygen atoms in total. The second kappa shape index (κ2) is 6.13. The molecule has 110 valence electrons. The molecule has 0 bridgehead atoms. The maximum atomic E-state index is 12.0. The van der Waals surface area contributed by atoms with E-state index in [1.165, 1.54) is 0 Å². The molecule has 0 unspecified atom stereocenters. The zero-order valence-electron chi connectivity index (χ0n) is 13.1. The number of ketones is 1. The van der Waals surface area contributed by atoms with Gasteiger partial charge in [0.05, 0.1) is 5.56 Å². The summed E-state index contributed by atoms with van der Waals surface area (Å²) in [6, 6.07) is 15.4. The summed E-state index contributed by atoms with van der Waals surface area (Å²) < 4.78 is 6.07. The number of ether oxygens (including phenoxy) is 1. The van der Waals surface area contributed by atoms with Crippen LogP contribution in [-0.4, -0.2) is 5.78 Å². The molecule has 0 saturated heterocycles. The fourth-order valence-corrected chi connectivity index (χ4v) is 2.27. The molecule has 2 rings (SSSR count). The molecule has 0 aromatic heterocycles. The normalized spacial score (nSPS) is 11.2. The molecule has 0 spiro atoms. The number of rotatable bonds is 4. The van der Waals surface area contributed by atoms with Crippen molar-refractivity contribution in [2.24, 2.45) is 0 Å². The first-order chi connectivity index (χ1) is 9.93. The molecule has 2 aromatic rings. The number of carbonyl (C=O) groups excluding carboxylic acids is 1. The van der Waals surface area contributed by atoms with E-state index in [0.717, 1.165) is 11.3 Å². The second-order valence-corrected chi connectivity index (χ2v) is 6.12. The van der Waals surface area contributed by atoms with Gasteiger partial charge in [0.1, 0.15) is 11.5 Å². The molecule has 0 amide bonds. The Morgan fingerprint density at radius 3 is 2.14 bits per heavy atom. The maximum Gasteiger partial charge on any atom is 0.166 e. The average molecular weight is 282 g/mol. The van der Waals surface area contributed by atoms with Gasteiger partial charge in [-0.05, 0) is 23.6 Å². The van der Waals surface area contributed by atoms with Crippen molar-refractivity contribution >= 4 is 5.78 Å². The fourth-order valence-electron chi connectivity index (χ4n) is 2.27. The van der Waals surface area contributed by atoms with Crippen LogP contribution in [0, 0.1) is 0 Å². The Bertz CT molecular complexity index is 636. The van der Waals surface area contributed by atoms with E-state index in [1.54, 1.807) is 0 Å². The minimum atomic E-state index is -0.0136. The van der Waals surface area contributed by atoms with E-state index in [2.05, 4.69) is 26.8 Å². The van der Waals surface area contributed by atoms with E-state index in [9.17, 15) is 4.79 Å². The number of hydrogen-bond donors (Lipinski definition) is 0. The SMILES string of the molecule is CCC(=O)c1ccccc1Oc1ccccc1C(C)(C)C. The van der Waals surface area contributed by atoms with Crippen LogP contribution in [0.3, 0.4) is 0 Å². The van der Waals surface area contributed by atoms with Gasteiger partial charge in [0.2, 0.25) is 0 Å². The first-order valence-electron chi connectivity index (χ1n) is 7.33. The lowest BCUT2D eigenvalue weighted by Gasteiger charge is -2.23. The van der Waals surface area contributed by atoms with Crippen molar-refractivity contribution in [3.63, 3.8) is 0 Å². The number of benzene rings is 2. The summed E-state index contributed by atoms with van der Waals surface area (Å²) in [5.74, 6) is 1.53. The fraction of sp³-hybridized carbons (Fsp3) is 0.316. The van der Waals surface area contributed by atoms with Gasteiger partial charge in [-0.15, -0.1) is 0 Å². The van der Waals surface area contributed by atoms with Crippen LogP contribution in [0.1, 0.15) is 50.0 Å². The van der Waals surface area contributed by atoms with Crippen LogP contribution in [0.5, 0.6) is 11.5 Å². The van der Waals surface area contributed by atoms with Gasteiger partial charge in [0, 0.05) is 12.0 Å². The van der Waals surface area contributed by atoms with E-state index in [4.69, 9.17) is 4.74 Å². The minimum absolute atomic E-state index is 0.0136. The first kappa shape index (κ1) is 15.3. The zero-order chi connectivity index (χ0) is 15.5. The van der Waals surface area contributed by atoms with E-state index >= 15 is 0 Å². The second-order valence-electron chi connectivity index (χ2n) is 6.12. The lowest BCUT2D eigenvalue weighted by atomic mass is 9.86. The van der Waals surface area contributed by atoms with Gasteiger partial charge >= 0.3 is 0 Å². The van der Waals surface area contributed by atoms with E-state index in [-0.39, 0.29) is 11.2 Å². The number of para-hydroxylation sites is 2.